The van der Waals surface area contributed by atoms with Gasteiger partial charge in [-0.25, -0.2) is 14.4 Å². The maximum absolute atomic E-state index is 13.3. The topological polar surface area (TPSA) is 37.8 Å². The monoisotopic (exact) mass is 387 g/mol. The molecule has 1 heterocycles. The van der Waals surface area contributed by atoms with E-state index in [0.717, 1.165) is 28.1 Å². The molecular weight excluding hydrogens is 377 g/mol. The molecule has 0 amide bonds. The van der Waals surface area contributed by atoms with Gasteiger partial charge in [-0.05, 0) is 63.9 Å². The summed E-state index contributed by atoms with van der Waals surface area (Å²) in [6.45, 7) is 4.66. The van der Waals surface area contributed by atoms with Crippen LogP contribution in [-0.4, -0.2) is 16.5 Å². The molecule has 2 aromatic rings. The smallest absolute Gasteiger partial charge is 0.161 e. The van der Waals surface area contributed by atoms with Crippen LogP contribution in [-0.2, 0) is 0 Å². The SMILES string of the molecule is CCNc1nc(-c2ccc(F)c(Br)c2)nc(C)c1Br. The van der Waals surface area contributed by atoms with Gasteiger partial charge in [0.15, 0.2) is 5.82 Å². The number of rotatable bonds is 3. The third kappa shape index (κ3) is 3.12. The number of aryl methyl sites for hydroxylation is 1. The lowest BCUT2D eigenvalue weighted by molar-refractivity contribution is 0.621. The van der Waals surface area contributed by atoms with Gasteiger partial charge in [0.2, 0.25) is 0 Å². The summed E-state index contributed by atoms with van der Waals surface area (Å²) in [6.07, 6.45) is 0. The van der Waals surface area contributed by atoms with E-state index in [1.54, 1.807) is 12.1 Å². The average molecular weight is 389 g/mol. The number of halogens is 3. The van der Waals surface area contributed by atoms with E-state index in [-0.39, 0.29) is 5.82 Å². The zero-order chi connectivity index (χ0) is 14.0. The molecule has 0 radical (unpaired) electrons. The molecule has 0 aliphatic rings. The van der Waals surface area contributed by atoms with Crippen LogP contribution in [0.25, 0.3) is 11.4 Å². The van der Waals surface area contributed by atoms with E-state index in [2.05, 4.69) is 47.1 Å². The molecule has 0 saturated heterocycles. The minimum Gasteiger partial charge on any atom is -0.369 e. The van der Waals surface area contributed by atoms with Crippen molar-refractivity contribution in [2.45, 2.75) is 13.8 Å². The van der Waals surface area contributed by atoms with Crippen molar-refractivity contribution in [3.63, 3.8) is 0 Å². The fourth-order valence-corrected chi connectivity index (χ4v) is 2.30. The second-order valence-corrected chi connectivity index (χ2v) is 5.60. The van der Waals surface area contributed by atoms with Crippen molar-refractivity contribution in [2.75, 3.05) is 11.9 Å². The summed E-state index contributed by atoms with van der Waals surface area (Å²) in [5, 5.41) is 3.17. The Morgan fingerprint density at radius 1 is 1.26 bits per heavy atom. The standard InChI is InChI=1S/C13H12Br2FN3/c1-3-17-13-11(15)7(2)18-12(19-13)8-4-5-10(16)9(14)6-8/h4-6H,3H2,1-2H3,(H,17,18,19). The highest BCUT2D eigenvalue weighted by atomic mass is 79.9. The lowest BCUT2D eigenvalue weighted by Gasteiger charge is -2.10. The summed E-state index contributed by atoms with van der Waals surface area (Å²) >= 11 is 6.63. The third-order valence-electron chi connectivity index (χ3n) is 2.54. The highest BCUT2D eigenvalue weighted by Crippen LogP contribution is 2.28. The Balaban J connectivity index is 2.52. The second-order valence-electron chi connectivity index (χ2n) is 3.95. The minimum atomic E-state index is -0.301. The van der Waals surface area contributed by atoms with E-state index in [9.17, 15) is 4.39 Å². The lowest BCUT2D eigenvalue weighted by atomic mass is 10.2. The van der Waals surface area contributed by atoms with Crippen LogP contribution in [0.5, 0.6) is 0 Å². The molecule has 0 spiro atoms. The number of nitrogens with one attached hydrogen (secondary N) is 1. The van der Waals surface area contributed by atoms with E-state index in [0.29, 0.717) is 10.3 Å². The molecule has 0 saturated carbocycles. The summed E-state index contributed by atoms with van der Waals surface area (Å²) in [4.78, 5) is 8.87. The second kappa shape index (κ2) is 5.96. The molecule has 6 heteroatoms. The van der Waals surface area contributed by atoms with Gasteiger partial charge in [-0.2, -0.15) is 0 Å². The van der Waals surface area contributed by atoms with Crippen molar-refractivity contribution >= 4 is 37.7 Å². The molecule has 2 rings (SSSR count). The number of hydrogen-bond acceptors (Lipinski definition) is 3. The van der Waals surface area contributed by atoms with Crippen molar-refractivity contribution in [3.8, 4) is 11.4 Å². The zero-order valence-corrected chi connectivity index (χ0v) is 13.6. The van der Waals surface area contributed by atoms with E-state index in [1.807, 2.05) is 13.8 Å². The molecule has 0 fully saturated rings. The van der Waals surface area contributed by atoms with Crippen LogP contribution < -0.4 is 5.32 Å². The molecule has 19 heavy (non-hydrogen) atoms. The number of aromatic nitrogens is 2. The quantitative estimate of drug-likeness (QED) is 0.838. The minimum absolute atomic E-state index is 0.301. The van der Waals surface area contributed by atoms with Crippen LogP contribution in [0, 0.1) is 12.7 Å². The highest BCUT2D eigenvalue weighted by Gasteiger charge is 2.11. The Morgan fingerprint density at radius 3 is 2.63 bits per heavy atom. The molecule has 100 valence electrons. The lowest BCUT2D eigenvalue weighted by Crippen LogP contribution is -2.04. The van der Waals surface area contributed by atoms with E-state index in [1.165, 1.54) is 6.07 Å². The Bertz CT molecular complexity index is 617. The first-order valence-corrected chi connectivity index (χ1v) is 7.35. The van der Waals surface area contributed by atoms with Crippen LogP contribution in [0.4, 0.5) is 10.2 Å². The summed E-state index contributed by atoms with van der Waals surface area (Å²) in [5.74, 6) is 1.01. The fourth-order valence-electron chi connectivity index (χ4n) is 1.61. The maximum Gasteiger partial charge on any atom is 0.161 e. The molecule has 1 aromatic carbocycles. The van der Waals surface area contributed by atoms with Crippen molar-refractivity contribution in [1.82, 2.24) is 9.97 Å². The zero-order valence-electron chi connectivity index (χ0n) is 10.5. The van der Waals surface area contributed by atoms with Gasteiger partial charge in [-0.15, -0.1) is 0 Å². The van der Waals surface area contributed by atoms with Crippen LogP contribution in [0.1, 0.15) is 12.6 Å². The maximum atomic E-state index is 13.3. The van der Waals surface area contributed by atoms with Crippen LogP contribution in [0.2, 0.25) is 0 Å². The number of nitrogens with zero attached hydrogens (tertiary/aromatic N) is 2. The van der Waals surface area contributed by atoms with Gasteiger partial charge in [-0.1, -0.05) is 0 Å². The molecule has 0 aliphatic heterocycles. The molecule has 0 atom stereocenters. The summed E-state index contributed by atoms with van der Waals surface area (Å²) in [5.41, 5.74) is 1.60. The predicted octanol–water partition coefficient (Wildman–Crippen LogP) is 4.55. The van der Waals surface area contributed by atoms with Gasteiger partial charge in [0.05, 0.1) is 14.6 Å². The molecule has 1 aromatic heterocycles. The van der Waals surface area contributed by atoms with Gasteiger partial charge in [0, 0.05) is 12.1 Å². The number of benzene rings is 1. The van der Waals surface area contributed by atoms with Crippen LogP contribution in [0.15, 0.2) is 27.1 Å². The first kappa shape index (κ1) is 14.4. The molecular formula is C13H12Br2FN3. The Labute approximate surface area is 127 Å². The van der Waals surface area contributed by atoms with E-state index < -0.39 is 0 Å². The first-order chi connectivity index (χ1) is 9.02. The Kier molecular flexibility index (Phi) is 4.52. The van der Waals surface area contributed by atoms with Crippen molar-refractivity contribution in [1.29, 1.82) is 0 Å². The van der Waals surface area contributed by atoms with E-state index in [4.69, 9.17) is 0 Å². The van der Waals surface area contributed by atoms with Gasteiger partial charge in [0.1, 0.15) is 11.6 Å². The normalized spacial score (nSPS) is 10.6. The summed E-state index contributed by atoms with van der Waals surface area (Å²) in [6, 6.07) is 4.74. The highest BCUT2D eigenvalue weighted by molar-refractivity contribution is 9.11. The largest absolute Gasteiger partial charge is 0.369 e. The Morgan fingerprint density at radius 2 is 2.00 bits per heavy atom. The number of hydrogen-bond donors (Lipinski definition) is 1. The average Bonchev–Trinajstić information content (AvgIpc) is 2.38. The van der Waals surface area contributed by atoms with Crippen molar-refractivity contribution < 1.29 is 4.39 Å². The molecule has 1 N–H and O–H groups in total. The number of anilines is 1. The van der Waals surface area contributed by atoms with E-state index >= 15 is 0 Å². The van der Waals surface area contributed by atoms with Crippen molar-refractivity contribution in [2.24, 2.45) is 0 Å². The summed E-state index contributed by atoms with van der Waals surface area (Å²) < 4.78 is 14.5. The van der Waals surface area contributed by atoms with Crippen molar-refractivity contribution in [3.05, 3.63) is 38.7 Å². The molecule has 0 aliphatic carbocycles. The third-order valence-corrected chi connectivity index (χ3v) is 4.10. The molecule has 3 nitrogen and oxygen atoms in total. The first-order valence-electron chi connectivity index (χ1n) is 5.76. The van der Waals surface area contributed by atoms with Crippen LogP contribution >= 0.6 is 31.9 Å². The molecule has 0 bridgehead atoms. The van der Waals surface area contributed by atoms with Gasteiger partial charge < -0.3 is 5.32 Å². The fraction of sp³-hybridized carbons (Fsp3) is 0.231. The molecule has 0 unspecified atom stereocenters. The van der Waals surface area contributed by atoms with Crippen LogP contribution in [0.3, 0.4) is 0 Å². The van der Waals surface area contributed by atoms with Gasteiger partial charge >= 0.3 is 0 Å². The predicted molar refractivity (Wildman–Crippen MR) is 81.7 cm³/mol. The van der Waals surface area contributed by atoms with Gasteiger partial charge in [0.25, 0.3) is 0 Å². The van der Waals surface area contributed by atoms with Gasteiger partial charge in [-0.3, -0.25) is 0 Å². The summed E-state index contributed by atoms with van der Waals surface area (Å²) in [7, 11) is 0. The Hall–Kier alpha value is -1.01.